The van der Waals surface area contributed by atoms with E-state index in [0.717, 1.165) is 0 Å². The van der Waals surface area contributed by atoms with Crippen LogP contribution >= 0.6 is 0 Å². The molecule has 0 bridgehead atoms. The van der Waals surface area contributed by atoms with Crippen molar-refractivity contribution in [1.82, 2.24) is 0 Å². The number of nitriles is 1. The van der Waals surface area contributed by atoms with Crippen LogP contribution in [0.15, 0.2) is 0 Å². The van der Waals surface area contributed by atoms with Gasteiger partial charge in [0.25, 0.3) is 0 Å². The summed E-state index contributed by atoms with van der Waals surface area (Å²) >= 11 is 0. The maximum absolute atomic E-state index is 7.10. The molecule has 0 rings (SSSR count). The zero-order valence-electron chi connectivity index (χ0n) is 1.93. The molecule has 0 aliphatic carbocycles. The van der Waals surface area contributed by atoms with Crippen molar-refractivity contribution in [3.05, 3.63) is 0 Å². The molecule has 4 heavy (non-hydrogen) atoms. The van der Waals surface area contributed by atoms with Crippen LogP contribution in [0.5, 0.6) is 0 Å². The molecule has 0 saturated carbocycles. The Morgan fingerprint density at radius 2 is 1.75 bits per heavy atom. The van der Waals surface area contributed by atoms with Crippen molar-refractivity contribution in [3.8, 4) is 5.97 Å². The zero-order valence-corrected chi connectivity index (χ0v) is 5.11. The summed E-state index contributed by atoms with van der Waals surface area (Å²) in [5.41, 5.74) is 0. The van der Waals surface area contributed by atoms with Crippen LogP contribution in [0.2, 0.25) is 0 Å². The zero-order chi connectivity index (χ0) is 2.71. The molecule has 1 nitrogen and oxygen atoms in total. The van der Waals surface area contributed by atoms with Crippen molar-refractivity contribution in [3.63, 3.8) is 0 Å². The van der Waals surface area contributed by atoms with E-state index < -0.39 is 0 Å². The Bertz CT molecular complexity index is 29.5. The minimum Gasteiger partial charge on any atom is -0.214 e. The van der Waals surface area contributed by atoms with E-state index in [0.29, 0.717) is 0 Å². The summed E-state index contributed by atoms with van der Waals surface area (Å²) in [4.78, 5) is 0. The van der Waals surface area contributed by atoms with Gasteiger partial charge in [-0.25, -0.2) is 5.26 Å². The van der Waals surface area contributed by atoms with Gasteiger partial charge >= 0.3 is 26.2 Å². The summed E-state index contributed by atoms with van der Waals surface area (Å²) in [6.07, 6.45) is 0. The average Bonchev–Trinajstić information content (AvgIpc) is 0.918. The van der Waals surface area contributed by atoms with Crippen LogP contribution in [0.1, 0.15) is 0 Å². The van der Waals surface area contributed by atoms with Crippen molar-refractivity contribution in [2.75, 3.05) is 0 Å². The number of nitrogens with zero attached hydrogens (tertiary/aromatic N) is 1. The second-order valence-corrected chi connectivity index (χ2v) is 0.129. The van der Waals surface area contributed by atoms with Gasteiger partial charge in [0.05, 0.1) is 0 Å². The Morgan fingerprint density at radius 1 is 1.75 bits per heavy atom. The van der Waals surface area contributed by atoms with Gasteiger partial charge in [0, 0.05) is 0 Å². The summed E-state index contributed by atoms with van der Waals surface area (Å²) in [5.74, 6) is 1.25. The third-order valence-corrected chi connectivity index (χ3v) is 0. The molecular formula is CHAtBN. The molecule has 0 amide bonds. The van der Waals surface area contributed by atoms with Gasteiger partial charge in [-0.2, -0.15) is 0 Å². The molecule has 0 fully saturated rings. The molecule has 3 heteroatoms. The summed E-state index contributed by atoms with van der Waals surface area (Å²) in [6, 6.07) is 0. The van der Waals surface area contributed by atoms with Crippen molar-refractivity contribution in [2.45, 2.75) is 0 Å². The van der Waals surface area contributed by atoms with Crippen molar-refractivity contribution in [1.29, 1.82) is 5.26 Å². The molecule has 0 aliphatic heterocycles. The van der Waals surface area contributed by atoms with Gasteiger partial charge in [-0.1, -0.05) is 0 Å². The van der Waals surface area contributed by atoms with Crippen LogP contribution < -0.4 is 0 Å². The molecular weight excluding hydrogens is 247 g/mol. The Kier molecular flexibility index (Phi) is 21.8. The van der Waals surface area contributed by atoms with Gasteiger partial charge in [-0.3, -0.25) is 0 Å². The van der Waals surface area contributed by atoms with E-state index in [2.05, 4.69) is 7.85 Å². The standard InChI is InChI=1S/CBN.AtH/c2-1-3;/h;1H. The molecule has 0 saturated heterocycles. The second-order valence-electron chi connectivity index (χ2n) is 0.129. The molecule has 0 heterocycles. The van der Waals surface area contributed by atoms with E-state index in [9.17, 15) is 0 Å². The van der Waals surface area contributed by atoms with E-state index in [1.54, 1.807) is 0 Å². The van der Waals surface area contributed by atoms with Crippen molar-refractivity contribution < 1.29 is 26.2 Å². The topological polar surface area (TPSA) is 23.8 Å². The fraction of sp³-hybridized carbons (Fsp3) is 0. The van der Waals surface area contributed by atoms with Gasteiger partial charge in [-0.05, 0) is 5.97 Å². The first kappa shape index (κ1) is 8.83. The van der Waals surface area contributed by atoms with E-state index in [1.807, 2.05) is 0 Å². The molecule has 0 aliphatic rings. The average molecular weight is 248 g/mol. The monoisotopic (exact) mass is 248 g/mol. The molecule has 0 aromatic heterocycles. The molecule has 0 atom stereocenters. The molecule has 0 unspecified atom stereocenters. The molecule has 0 spiro atoms. The third kappa shape index (κ3) is 26.3. The third-order valence-electron chi connectivity index (χ3n) is 0. The first-order valence-electron chi connectivity index (χ1n) is 0.512. The number of rotatable bonds is 0. The molecule has 0 aromatic rings. The maximum Gasteiger partial charge on any atom is 0.229 e. The molecule has 0 N–H and O–H groups in total. The van der Waals surface area contributed by atoms with Crippen LogP contribution in [0, 0.1) is 37.4 Å². The smallest absolute Gasteiger partial charge is 0.214 e. The number of hydrogen-bond acceptors (Lipinski definition) is 1. The first-order valence-corrected chi connectivity index (χ1v) is 0.512. The predicted molar refractivity (Wildman–Crippen MR) is 12.8 cm³/mol. The molecule has 0 aromatic carbocycles. The van der Waals surface area contributed by atoms with E-state index in [-0.39, 0.29) is 26.2 Å². The van der Waals surface area contributed by atoms with Crippen LogP contribution in [0.25, 0.3) is 0 Å². The van der Waals surface area contributed by atoms with E-state index >= 15 is 0 Å². The van der Waals surface area contributed by atoms with Gasteiger partial charge in [-0.15, -0.1) is 0 Å². The SMILES string of the molecule is [AtH].[B]C#N. The predicted octanol–water partition coefficient (Wildman–Crippen LogP) is -0.632. The Hall–Kier alpha value is 0.438. The van der Waals surface area contributed by atoms with E-state index in [1.165, 1.54) is 5.97 Å². The summed E-state index contributed by atoms with van der Waals surface area (Å²) in [5, 5.41) is 7.10. The fourth-order valence-electron chi connectivity index (χ4n) is 0. The summed E-state index contributed by atoms with van der Waals surface area (Å²) < 4.78 is 0. The van der Waals surface area contributed by atoms with Crippen molar-refractivity contribution >= 4 is 7.85 Å². The Morgan fingerprint density at radius 3 is 1.75 bits per heavy atom. The van der Waals surface area contributed by atoms with E-state index in [4.69, 9.17) is 5.26 Å². The maximum atomic E-state index is 7.10. The normalized spacial score (nSPS) is 1.75. The fourth-order valence-corrected chi connectivity index (χ4v) is 0. The van der Waals surface area contributed by atoms with Gasteiger partial charge in [0.2, 0.25) is 7.85 Å². The van der Waals surface area contributed by atoms with Crippen LogP contribution in [0.4, 0.5) is 0 Å². The second kappa shape index (κ2) is 9.88. The molecule has 2 radical (unpaired) electrons. The molecule has 20 valence electrons. The van der Waals surface area contributed by atoms with Crippen LogP contribution in [-0.4, -0.2) is 7.85 Å². The minimum absolute atomic E-state index is 0. The number of hydrogen-bond donors (Lipinski definition) is 0. The summed E-state index contributed by atoms with van der Waals surface area (Å²) in [6.45, 7) is 0. The summed E-state index contributed by atoms with van der Waals surface area (Å²) in [7, 11) is 4.15. The minimum atomic E-state index is 0. The Labute approximate surface area is 45.5 Å². The van der Waals surface area contributed by atoms with Gasteiger partial charge in [0.1, 0.15) is 0 Å². The van der Waals surface area contributed by atoms with Crippen LogP contribution in [-0.2, 0) is 0 Å². The van der Waals surface area contributed by atoms with Gasteiger partial charge in [0.15, 0.2) is 0 Å². The Balaban J connectivity index is 0. The van der Waals surface area contributed by atoms with Crippen LogP contribution in [0.3, 0.4) is 0 Å². The largest absolute Gasteiger partial charge is 0.229 e. The van der Waals surface area contributed by atoms with Crippen molar-refractivity contribution in [2.24, 2.45) is 0 Å². The quantitative estimate of drug-likeness (QED) is 0.523. The van der Waals surface area contributed by atoms with Gasteiger partial charge < -0.3 is 0 Å². The first-order chi connectivity index (χ1) is 1.41.